The summed E-state index contributed by atoms with van der Waals surface area (Å²) in [7, 11) is 0. The Labute approximate surface area is 96.8 Å². The highest BCUT2D eigenvalue weighted by Gasteiger charge is 2.27. The maximum Gasteiger partial charge on any atom is 0.106 e. The van der Waals surface area contributed by atoms with Gasteiger partial charge in [0, 0.05) is 0 Å². The van der Waals surface area contributed by atoms with E-state index in [9.17, 15) is 0 Å². The van der Waals surface area contributed by atoms with E-state index in [1.54, 1.807) is 0 Å². The van der Waals surface area contributed by atoms with Gasteiger partial charge in [0.2, 0.25) is 0 Å². The van der Waals surface area contributed by atoms with Crippen molar-refractivity contribution < 1.29 is 0 Å². The number of alkyl halides is 6. The van der Waals surface area contributed by atoms with Crippen LogP contribution in [0.2, 0.25) is 0 Å². The van der Waals surface area contributed by atoms with Crippen LogP contribution in [0.15, 0.2) is 0 Å². The van der Waals surface area contributed by atoms with Crippen molar-refractivity contribution in [2.45, 2.75) is 19.3 Å². The SMILES string of the molecule is ClC(Br)C(Cl)C(Cl)C(Cl)Br. The van der Waals surface area contributed by atoms with E-state index in [1.165, 1.54) is 0 Å². The Morgan fingerprint density at radius 2 is 0.900 bits per heavy atom. The topological polar surface area (TPSA) is 0 Å². The molecule has 0 heterocycles. The first-order valence-electron chi connectivity index (χ1n) is 2.31. The highest BCUT2D eigenvalue weighted by Crippen LogP contribution is 2.29. The van der Waals surface area contributed by atoms with Gasteiger partial charge in [-0.2, -0.15) is 0 Å². The zero-order valence-corrected chi connectivity index (χ0v) is 10.8. The Morgan fingerprint density at radius 3 is 1.00 bits per heavy atom. The van der Waals surface area contributed by atoms with E-state index in [-0.39, 0.29) is 8.57 Å². The van der Waals surface area contributed by atoms with Crippen LogP contribution >= 0.6 is 78.3 Å². The van der Waals surface area contributed by atoms with Crippen LogP contribution in [0.25, 0.3) is 0 Å². The quantitative estimate of drug-likeness (QED) is 0.670. The van der Waals surface area contributed by atoms with Crippen molar-refractivity contribution in [2.75, 3.05) is 0 Å². The summed E-state index contributed by atoms with van der Waals surface area (Å²) in [6.07, 6.45) is 0. The van der Waals surface area contributed by atoms with E-state index in [2.05, 4.69) is 31.9 Å². The third kappa shape index (κ3) is 4.22. The Hall–Kier alpha value is 2.12. The minimum absolute atomic E-state index is 0.365. The zero-order chi connectivity index (χ0) is 8.31. The average Bonchev–Trinajstić information content (AvgIpc) is 1.84. The third-order valence-corrected chi connectivity index (χ3v) is 4.51. The van der Waals surface area contributed by atoms with Crippen LogP contribution in [-0.2, 0) is 0 Å². The summed E-state index contributed by atoms with van der Waals surface area (Å²) >= 11 is 28.8. The molecule has 0 saturated heterocycles. The van der Waals surface area contributed by atoms with Gasteiger partial charge in [0.25, 0.3) is 0 Å². The maximum absolute atomic E-state index is 5.74. The van der Waals surface area contributed by atoms with Crippen LogP contribution in [0, 0.1) is 0 Å². The van der Waals surface area contributed by atoms with E-state index in [4.69, 9.17) is 46.4 Å². The maximum atomic E-state index is 5.74. The summed E-state index contributed by atoms with van der Waals surface area (Å²) in [5.41, 5.74) is 0. The molecule has 0 spiro atoms. The molecule has 0 amide bonds. The van der Waals surface area contributed by atoms with Gasteiger partial charge in [0.15, 0.2) is 0 Å². The summed E-state index contributed by atoms with van der Waals surface area (Å²) < 4.78 is -0.731. The molecule has 0 nitrogen and oxygen atoms in total. The highest BCUT2D eigenvalue weighted by molar-refractivity contribution is 9.10. The molecule has 62 valence electrons. The summed E-state index contributed by atoms with van der Waals surface area (Å²) in [5, 5.41) is -0.796. The van der Waals surface area contributed by atoms with Gasteiger partial charge in [0.1, 0.15) is 8.57 Å². The smallest absolute Gasteiger partial charge is 0.106 e. The molecule has 4 unspecified atom stereocenters. The van der Waals surface area contributed by atoms with Crippen LogP contribution in [0.3, 0.4) is 0 Å². The number of rotatable bonds is 3. The molecular weight excluding hydrogens is 350 g/mol. The fraction of sp³-hybridized carbons (Fsp3) is 1.00. The number of hydrogen-bond donors (Lipinski definition) is 0. The Morgan fingerprint density at radius 1 is 0.700 bits per heavy atom. The van der Waals surface area contributed by atoms with Crippen molar-refractivity contribution in [1.82, 2.24) is 0 Å². The summed E-state index contributed by atoms with van der Waals surface area (Å²) in [6.45, 7) is 0. The molecule has 0 aliphatic heterocycles. The first-order valence-corrected chi connectivity index (χ1v) is 5.89. The van der Waals surface area contributed by atoms with Gasteiger partial charge < -0.3 is 0 Å². The van der Waals surface area contributed by atoms with Gasteiger partial charge in [-0.15, -0.1) is 46.4 Å². The molecule has 0 bridgehead atoms. The van der Waals surface area contributed by atoms with Gasteiger partial charge in [-0.05, 0) is 0 Å². The van der Waals surface area contributed by atoms with Crippen molar-refractivity contribution >= 4 is 78.3 Å². The normalized spacial score (nSPS) is 23.4. The molecule has 0 saturated carbocycles. The largest absolute Gasteiger partial charge is 0.119 e. The monoisotopic (exact) mass is 350 g/mol. The first kappa shape index (κ1) is 12.1. The fourth-order valence-corrected chi connectivity index (χ4v) is 2.04. The molecule has 6 heteroatoms. The summed E-state index contributed by atoms with van der Waals surface area (Å²) in [4.78, 5) is 0. The average molecular weight is 354 g/mol. The van der Waals surface area contributed by atoms with E-state index in [0.29, 0.717) is 0 Å². The van der Waals surface area contributed by atoms with Gasteiger partial charge >= 0.3 is 0 Å². The standard InChI is InChI=1S/C4H4Br2Cl4/c5-3(9)1(7)2(8)4(6)10/h1-4H. The molecule has 0 aromatic rings. The third-order valence-electron chi connectivity index (χ3n) is 0.786. The highest BCUT2D eigenvalue weighted by atomic mass is 79.9. The van der Waals surface area contributed by atoms with E-state index in [0.717, 1.165) is 0 Å². The van der Waals surface area contributed by atoms with Crippen molar-refractivity contribution in [1.29, 1.82) is 0 Å². The lowest BCUT2D eigenvalue weighted by Gasteiger charge is -2.17. The molecular formula is C4H4Br2Cl4. The van der Waals surface area contributed by atoms with Crippen LogP contribution < -0.4 is 0 Å². The lowest BCUT2D eigenvalue weighted by Crippen LogP contribution is -2.26. The fourth-order valence-electron chi connectivity index (χ4n) is 0.278. The molecule has 0 aliphatic rings. The number of hydrogen-bond acceptors (Lipinski definition) is 0. The van der Waals surface area contributed by atoms with Crippen molar-refractivity contribution in [3.63, 3.8) is 0 Å². The molecule has 4 atom stereocenters. The molecule has 0 aromatic heterocycles. The lowest BCUT2D eigenvalue weighted by molar-refractivity contribution is 0.877. The second-order valence-electron chi connectivity index (χ2n) is 1.56. The first-order chi connectivity index (χ1) is 4.46. The molecule has 0 aromatic carbocycles. The van der Waals surface area contributed by atoms with Crippen LogP contribution in [0.4, 0.5) is 0 Å². The minimum atomic E-state index is -0.398. The Bertz CT molecular complexity index is 85.3. The van der Waals surface area contributed by atoms with E-state index >= 15 is 0 Å². The second kappa shape index (κ2) is 5.71. The second-order valence-corrected chi connectivity index (χ2v) is 6.53. The van der Waals surface area contributed by atoms with Crippen LogP contribution in [0.1, 0.15) is 0 Å². The molecule has 0 N–H and O–H groups in total. The summed E-state index contributed by atoms with van der Waals surface area (Å²) in [5.74, 6) is 0. The van der Waals surface area contributed by atoms with Crippen molar-refractivity contribution in [3.8, 4) is 0 Å². The van der Waals surface area contributed by atoms with Crippen molar-refractivity contribution in [3.05, 3.63) is 0 Å². The number of halogens is 6. The Kier molecular flexibility index (Phi) is 6.92. The minimum Gasteiger partial charge on any atom is -0.119 e. The van der Waals surface area contributed by atoms with Gasteiger partial charge in [-0.25, -0.2) is 0 Å². The van der Waals surface area contributed by atoms with Crippen LogP contribution in [-0.4, -0.2) is 19.3 Å². The summed E-state index contributed by atoms with van der Waals surface area (Å²) in [6, 6.07) is 0. The molecule has 0 rings (SSSR count). The van der Waals surface area contributed by atoms with Gasteiger partial charge in [0.05, 0.1) is 10.8 Å². The zero-order valence-electron chi connectivity index (χ0n) is 4.58. The Balaban J connectivity index is 3.81. The lowest BCUT2D eigenvalue weighted by atomic mass is 10.3. The van der Waals surface area contributed by atoms with Crippen molar-refractivity contribution in [2.24, 2.45) is 0 Å². The van der Waals surface area contributed by atoms with Crippen LogP contribution in [0.5, 0.6) is 0 Å². The molecule has 0 aliphatic carbocycles. The molecule has 10 heavy (non-hydrogen) atoms. The van der Waals surface area contributed by atoms with E-state index in [1.807, 2.05) is 0 Å². The predicted octanol–water partition coefficient (Wildman–Crippen LogP) is 4.12. The van der Waals surface area contributed by atoms with Gasteiger partial charge in [-0.1, -0.05) is 31.9 Å². The van der Waals surface area contributed by atoms with Gasteiger partial charge in [-0.3, -0.25) is 0 Å². The predicted molar refractivity (Wildman–Crippen MR) is 56.4 cm³/mol. The molecule has 0 radical (unpaired) electrons. The van der Waals surface area contributed by atoms with E-state index < -0.39 is 10.8 Å². The molecule has 0 fully saturated rings.